The van der Waals surface area contributed by atoms with Gasteiger partial charge in [-0.2, -0.15) is 0 Å². The normalized spacial score (nSPS) is 19.5. The minimum atomic E-state index is -0.0578. The molecule has 0 aliphatic carbocycles. The second kappa shape index (κ2) is 7.82. The van der Waals surface area contributed by atoms with Crippen molar-refractivity contribution in [3.8, 4) is 12.3 Å². The van der Waals surface area contributed by atoms with Gasteiger partial charge in [0.1, 0.15) is 0 Å². The summed E-state index contributed by atoms with van der Waals surface area (Å²) in [7, 11) is 1.65. The molecule has 2 rings (SSSR count). The van der Waals surface area contributed by atoms with Gasteiger partial charge in [0, 0.05) is 26.2 Å². The second-order valence-corrected chi connectivity index (χ2v) is 5.19. The summed E-state index contributed by atoms with van der Waals surface area (Å²) in [6.45, 7) is 2.48. The Balaban J connectivity index is 2.11. The van der Waals surface area contributed by atoms with Gasteiger partial charge >= 0.3 is 0 Å². The van der Waals surface area contributed by atoms with Gasteiger partial charge in [0.05, 0.1) is 19.1 Å². The summed E-state index contributed by atoms with van der Waals surface area (Å²) < 4.78 is 5.06. The van der Waals surface area contributed by atoms with Crippen LogP contribution in [0.15, 0.2) is 30.3 Å². The van der Waals surface area contributed by atoms with Crippen molar-refractivity contribution in [1.29, 1.82) is 0 Å². The van der Waals surface area contributed by atoms with E-state index in [9.17, 15) is 4.79 Å². The predicted octanol–water partition coefficient (Wildman–Crippen LogP) is 1.45. The quantitative estimate of drug-likeness (QED) is 0.771. The standard InChI is InChI=1S/C17H22N2O2/c1-3-10-18-16(14-7-5-4-6-8-14)15-9-11-19(17(15)20)12-13-21-2/h1,4-8,15-16,18H,9-13H2,2H3. The molecule has 0 saturated carbocycles. The van der Waals surface area contributed by atoms with Gasteiger partial charge in [0.2, 0.25) is 5.91 Å². The number of hydrogen-bond acceptors (Lipinski definition) is 3. The number of likely N-dealkylation sites (tertiary alicyclic amines) is 1. The summed E-state index contributed by atoms with van der Waals surface area (Å²) in [4.78, 5) is 14.4. The fourth-order valence-corrected chi connectivity index (χ4v) is 2.82. The first-order valence-corrected chi connectivity index (χ1v) is 7.27. The van der Waals surface area contributed by atoms with Crippen LogP contribution in [0.2, 0.25) is 0 Å². The van der Waals surface area contributed by atoms with E-state index in [1.165, 1.54) is 0 Å². The molecule has 0 spiro atoms. The van der Waals surface area contributed by atoms with Crippen molar-refractivity contribution in [3.63, 3.8) is 0 Å². The summed E-state index contributed by atoms with van der Waals surface area (Å²) in [5.41, 5.74) is 1.11. The van der Waals surface area contributed by atoms with E-state index >= 15 is 0 Å². The van der Waals surface area contributed by atoms with Crippen molar-refractivity contribution in [2.75, 3.05) is 33.4 Å². The molecule has 2 atom stereocenters. The van der Waals surface area contributed by atoms with E-state index in [1.54, 1.807) is 7.11 Å². The van der Waals surface area contributed by atoms with Gasteiger partial charge in [-0.25, -0.2) is 0 Å². The summed E-state index contributed by atoms with van der Waals surface area (Å²) in [5.74, 6) is 2.72. The molecule has 112 valence electrons. The highest BCUT2D eigenvalue weighted by atomic mass is 16.5. The molecule has 1 heterocycles. The highest BCUT2D eigenvalue weighted by Gasteiger charge is 2.37. The Morgan fingerprint density at radius 2 is 2.24 bits per heavy atom. The Bertz CT molecular complexity index is 495. The van der Waals surface area contributed by atoms with Crippen molar-refractivity contribution < 1.29 is 9.53 Å². The van der Waals surface area contributed by atoms with Crippen LogP contribution in [0.1, 0.15) is 18.0 Å². The average Bonchev–Trinajstić information content (AvgIpc) is 2.88. The van der Waals surface area contributed by atoms with Crippen molar-refractivity contribution in [2.45, 2.75) is 12.5 Å². The monoisotopic (exact) mass is 286 g/mol. The Hall–Kier alpha value is -1.83. The number of carbonyl (C=O) groups excluding carboxylic acids is 1. The van der Waals surface area contributed by atoms with Gasteiger partial charge in [-0.05, 0) is 12.0 Å². The van der Waals surface area contributed by atoms with E-state index in [-0.39, 0.29) is 17.9 Å². The molecule has 1 N–H and O–H groups in total. The smallest absolute Gasteiger partial charge is 0.227 e. The molecule has 4 nitrogen and oxygen atoms in total. The molecule has 2 unspecified atom stereocenters. The number of nitrogens with zero attached hydrogens (tertiary/aromatic N) is 1. The zero-order chi connectivity index (χ0) is 15.1. The van der Waals surface area contributed by atoms with Gasteiger partial charge in [-0.15, -0.1) is 6.42 Å². The molecule has 0 aromatic heterocycles. The van der Waals surface area contributed by atoms with E-state index < -0.39 is 0 Å². The fourth-order valence-electron chi connectivity index (χ4n) is 2.82. The molecule has 1 amide bonds. The molecule has 4 heteroatoms. The SMILES string of the molecule is C#CCNC(c1ccccc1)C1CCN(CCOC)C1=O. The fraction of sp³-hybridized carbons (Fsp3) is 0.471. The predicted molar refractivity (Wildman–Crippen MR) is 82.6 cm³/mol. The third-order valence-electron chi connectivity index (χ3n) is 3.89. The summed E-state index contributed by atoms with van der Waals surface area (Å²) in [6, 6.07) is 10.0. The van der Waals surface area contributed by atoms with Gasteiger partial charge in [-0.3, -0.25) is 10.1 Å². The van der Waals surface area contributed by atoms with Crippen LogP contribution in [0.3, 0.4) is 0 Å². The average molecular weight is 286 g/mol. The Morgan fingerprint density at radius 3 is 2.90 bits per heavy atom. The number of methoxy groups -OCH3 is 1. The number of benzene rings is 1. The molecule has 1 aromatic rings. The van der Waals surface area contributed by atoms with Crippen LogP contribution in [0, 0.1) is 18.3 Å². The maximum absolute atomic E-state index is 12.6. The van der Waals surface area contributed by atoms with E-state index in [1.807, 2.05) is 35.2 Å². The molecule has 1 saturated heterocycles. The number of nitrogens with one attached hydrogen (secondary N) is 1. The number of carbonyl (C=O) groups is 1. The Kier molecular flexibility index (Phi) is 5.79. The van der Waals surface area contributed by atoms with Crippen LogP contribution >= 0.6 is 0 Å². The molecule has 1 aromatic carbocycles. The van der Waals surface area contributed by atoms with Crippen molar-refractivity contribution >= 4 is 5.91 Å². The number of ether oxygens (including phenoxy) is 1. The Labute approximate surface area is 126 Å². The minimum absolute atomic E-state index is 0.0257. The number of amides is 1. The highest BCUT2D eigenvalue weighted by molar-refractivity contribution is 5.81. The van der Waals surface area contributed by atoms with E-state index in [0.29, 0.717) is 19.7 Å². The Morgan fingerprint density at radius 1 is 1.48 bits per heavy atom. The highest BCUT2D eigenvalue weighted by Crippen LogP contribution is 2.31. The maximum atomic E-state index is 12.6. The van der Waals surface area contributed by atoms with Crippen LogP contribution < -0.4 is 5.32 Å². The van der Waals surface area contributed by atoms with Crippen LogP contribution in [0.25, 0.3) is 0 Å². The van der Waals surface area contributed by atoms with Gasteiger partial charge in [-0.1, -0.05) is 36.3 Å². The molecular formula is C17H22N2O2. The van der Waals surface area contributed by atoms with Gasteiger partial charge in [0.15, 0.2) is 0 Å². The number of hydrogen-bond donors (Lipinski definition) is 1. The number of rotatable bonds is 7. The number of terminal acetylenes is 1. The molecule has 0 bridgehead atoms. The van der Waals surface area contributed by atoms with E-state index in [4.69, 9.17) is 11.2 Å². The maximum Gasteiger partial charge on any atom is 0.227 e. The van der Waals surface area contributed by atoms with Gasteiger partial charge < -0.3 is 9.64 Å². The van der Waals surface area contributed by atoms with Crippen molar-refractivity contribution in [1.82, 2.24) is 10.2 Å². The van der Waals surface area contributed by atoms with Crippen LogP contribution in [0.4, 0.5) is 0 Å². The molecule has 0 radical (unpaired) electrons. The lowest BCUT2D eigenvalue weighted by Crippen LogP contribution is -2.36. The van der Waals surface area contributed by atoms with Gasteiger partial charge in [0.25, 0.3) is 0 Å². The molecule has 1 aliphatic heterocycles. The summed E-state index contributed by atoms with van der Waals surface area (Å²) in [6.07, 6.45) is 6.20. The van der Waals surface area contributed by atoms with Crippen LogP contribution in [-0.4, -0.2) is 44.2 Å². The zero-order valence-electron chi connectivity index (χ0n) is 12.4. The summed E-state index contributed by atoms with van der Waals surface area (Å²) in [5, 5.41) is 3.32. The zero-order valence-corrected chi connectivity index (χ0v) is 12.4. The first kappa shape index (κ1) is 15.6. The topological polar surface area (TPSA) is 41.6 Å². The lowest BCUT2D eigenvalue weighted by Gasteiger charge is -2.24. The molecule has 21 heavy (non-hydrogen) atoms. The van der Waals surface area contributed by atoms with Crippen molar-refractivity contribution in [2.24, 2.45) is 5.92 Å². The van der Waals surface area contributed by atoms with Crippen LogP contribution in [0.5, 0.6) is 0 Å². The lowest BCUT2D eigenvalue weighted by atomic mass is 9.91. The minimum Gasteiger partial charge on any atom is -0.383 e. The first-order valence-electron chi connectivity index (χ1n) is 7.27. The third-order valence-corrected chi connectivity index (χ3v) is 3.89. The second-order valence-electron chi connectivity index (χ2n) is 5.19. The van der Waals surface area contributed by atoms with E-state index in [2.05, 4.69) is 11.2 Å². The lowest BCUT2D eigenvalue weighted by molar-refractivity contribution is -0.132. The van der Waals surface area contributed by atoms with E-state index in [0.717, 1.165) is 18.5 Å². The molecule has 1 fully saturated rings. The first-order chi connectivity index (χ1) is 10.3. The van der Waals surface area contributed by atoms with Crippen molar-refractivity contribution in [3.05, 3.63) is 35.9 Å². The molecule has 1 aliphatic rings. The molecular weight excluding hydrogens is 264 g/mol. The largest absolute Gasteiger partial charge is 0.383 e. The summed E-state index contributed by atoms with van der Waals surface area (Å²) >= 11 is 0. The van der Waals surface area contributed by atoms with Crippen LogP contribution in [-0.2, 0) is 9.53 Å². The third kappa shape index (κ3) is 3.84.